The van der Waals surface area contributed by atoms with E-state index in [1.165, 1.54) is 6.07 Å². The van der Waals surface area contributed by atoms with Gasteiger partial charge in [-0.1, -0.05) is 18.2 Å². The van der Waals surface area contributed by atoms with Crippen molar-refractivity contribution < 1.29 is 22.4 Å². The monoisotopic (exact) mass is 220 g/mol. The molecule has 0 saturated heterocycles. The maximum Gasteiger partial charge on any atom is 0.417 e. The van der Waals surface area contributed by atoms with Crippen LogP contribution in [0.15, 0.2) is 24.3 Å². The van der Waals surface area contributed by atoms with Crippen LogP contribution in [0.3, 0.4) is 0 Å². The average molecular weight is 220 g/mol. The highest BCUT2D eigenvalue weighted by Gasteiger charge is 2.35. The fraction of sp³-hybridized carbons (Fsp3) is 0.300. The molecule has 82 valence electrons. The summed E-state index contributed by atoms with van der Waals surface area (Å²) in [6.45, 7) is 0.912. The van der Waals surface area contributed by atoms with E-state index in [9.17, 15) is 22.4 Å². The molecular weight excluding hydrogens is 212 g/mol. The molecule has 0 fully saturated rings. The highest BCUT2D eigenvalue weighted by Crippen LogP contribution is 2.32. The zero-order valence-corrected chi connectivity index (χ0v) is 7.81. The summed E-state index contributed by atoms with van der Waals surface area (Å²) in [4.78, 5) is 11.1. The lowest BCUT2D eigenvalue weighted by Gasteiger charge is -2.11. The van der Waals surface area contributed by atoms with Crippen LogP contribution in [-0.4, -0.2) is 12.0 Å². The molecule has 0 saturated carbocycles. The minimum atomic E-state index is -4.64. The molecule has 0 aromatic heterocycles. The molecule has 1 unspecified atom stereocenters. The second-order valence-electron chi connectivity index (χ2n) is 3.02. The van der Waals surface area contributed by atoms with Gasteiger partial charge >= 0.3 is 6.18 Å². The number of halogens is 4. The molecule has 1 aromatic rings. The molecule has 0 heterocycles. The first-order valence-electron chi connectivity index (χ1n) is 4.18. The molecule has 0 spiro atoms. The van der Waals surface area contributed by atoms with Crippen molar-refractivity contribution in [2.45, 2.75) is 19.3 Å². The molecule has 15 heavy (non-hydrogen) atoms. The molecule has 1 rings (SSSR count). The number of hydrogen-bond donors (Lipinski definition) is 0. The Balaban J connectivity index is 3.25. The third kappa shape index (κ3) is 2.55. The van der Waals surface area contributed by atoms with Crippen molar-refractivity contribution in [3.8, 4) is 0 Å². The van der Waals surface area contributed by atoms with E-state index in [1.54, 1.807) is 0 Å². The molecule has 0 N–H and O–H groups in total. The van der Waals surface area contributed by atoms with Gasteiger partial charge in [-0.2, -0.15) is 13.2 Å². The average Bonchev–Trinajstić information content (AvgIpc) is 2.15. The van der Waals surface area contributed by atoms with Crippen molar-refractivity contribution in [1.82, 2.24) is 0 Å². The first-order chi connectivity index (χ1) is 6.84. The van der Waals surface area contributed by atoms with Gasteiger partial charge in [-0.3, -0.25) is 4.79 Å². The van der Waals surface area contributed by atoms with E-state index >= 15 is 0 Å². The number of hydrogen-bond acceptors (Lipinski definition) is 1. The van der Waals surface area contributed by atoms with Crippen LogP contribution in [0.4, 0.5) is 17.6 Å². The first kappa shape index (κ1) is 11.7. The smallest absolute Gasteiger partial charge is 0.291 e. The van der Waals surface area contributed by atoms with E-state index < -0.39 is 29.3 Å². The number of Topliss-reactive ketones (excluding diaryl/α,β-unsaturated/α-hetero) is 1. The normalized spacial score (nSPS) is 13.7. The largest absolute Gasteiger partial charge is 0.417 e. The summed E-state index contributed by atoms with van der Waals surface area (Å²) >= 11 is 0. The van der Waals surface area contributed by atoms with Gasteiger partial charge in [0.15, 0.2) is 12.0 Å². The molecular formula is C10H8F4O. The fourth-order valence-corrected chi connectivity index (χ4v) is 1.16. The van der Waals surface area contributed by atoms with Crippen molar-refractivity contribution in [1.29, 1.82) is 0 Å². The number of rotatable bonds is 2. The van der Waals surface area contributed by atoms with Gasteiger partial charge in [0.2, 0.25) is 0 Å². The Morgan fingerprint density at radius 2 is 1.80 bits per heavy atom. The predicted molar refractivity (Wildman–Crippen MR) is 46.3 cm³/mol. The maximum atomic E-state index is 12.6. The van der Waals surface area contributed by atoms with Crippen LogP contribution in [-0.2, 0) is 6.18 Å². The van der Waals surface area contributed by atoms with Crippen LogP contribution in [0, 0.1) is 0 Å². The van der Waals surface area contributed by atoms with Crippen molar-refractivity contribution >= 4 is 5.78 Å². The van der Waals surface area contributed by atoms with Gasteiger partial charge in [0, 0.05) is 5.56 Å². The zero-order chi connectivity index (χ0) is 11.6. The molecule has 5 heteroatoms. The van der Waals surface area contributed by atoms with Gasteiger partial charge in [-0.05, 0) is 13.0 Å². The van der Waals surface area contributed by atoms with Crippen molar-refractivity contribution in [2.24, 2.45) is 0 Å². The first-order valence-corrected chi connectivity index (χ1v) is 4.18. The summed E-state index contributed by atoms with van der Waals surface area (Å²) in [5, 5.41) is 0. The van der Waals surface area contributed by atoms with Crippen LogP contribution < -0.4 is 0 Å². The summed E-state index contributed by atoms with van der Waals surface area (Å²) < 4.78 is 49.8. The third-order valence-electron chi connectivity index (χ3n) is 1.86. The van der Waals surface area contributed by atoms with E-state index in [-0.39, 0.29) is 0 Å². The summed E-state index contributed by atoms with van der Waals surface area (Å²) in [5.74, 6) is -1.15. The Morgan fingerprint density at radius 3 is 2.27 bits per heavy atom. The van der Waals surface area contributed by atoms with Gasteiger partial charge in [-0.25, -0.2) is 4.39 Å². The zero-order valence-electron chi connectivity index (χ0n) is 7.81. The van der Waals surface area contributed by atoms with Crippen LogP contribution in [0.25, 0.3) is 0 Å². The highest BCUT2D eigenvalue weighted by atomic mass is 19.4. The SMILES string of the molecule is CC(F)C(=O)c1ccccc1C(F)(F)F. The summed E-state index contributed by atoms with van der Waals surface area (Å²) in [5.41, 5.74) is -1.72. The quantitative estimate of drug-likeness (QED) is 0.552. The van der Waals surface area contributed by atoms with E-state index in [0.717, 1.165) is 25.1 Å². The molecule has 0 bridgehead atoms. The van der Waals surface area contributed by atoms with Gasteiger partial charge in [-0.15, -0.1) is 0 Å². The number of benzene rings is 1. The van der Waals surface area contributed by atoms with Crippen molar-refractivity contribution in [3.63, 3.8) is 0 Å². The standard InChI is InChI=1S/C10H8F4O/c1-6(11)9(15)7-4-2-3-5-8(7)10(12,13)14/h2-6H,1H3. The van der Waals surface area contributed by atoms with E-state index in [4.69, 9.17) is 0 Å². The van der Waals surface area contributed by atoms with E-state index in [0.29, 0.717) is 0 Å². The maximum absolute atomic E-state index is 12.6. The lowest BCUT2D eigenvalue weighted by Crippen LogP contribution is -2.18. The fourth-order valence-electron chi connectivity index (χ4n) is 1.16. The second-order valence-corrected chi connectivity index (χ2v) is 3.02. The molecule has 0 aliphatic carbocycles. The Bertz CT molecular complexity index is 368. The van der Waals surface area contributed by atoms with Crippen LogP contribution in [0.2, 0.25) is 0 Å². The summed E-state index contributed by atoms with van der Waals surface area (Å²) in [6, 6.07) is 4.16. The predicted octanol–water partition coefficient (Wildman–Crippen LogP) is 3.25. The molecule has 1 atom stereocenters. The Hall–Kier alpha value is -1.39. The molecule has 1 nitrogen and oxygen atoms in total. The molecule has 1 aromatic carbocycles. The summed E-state index contributed by atoms with van der Waals surface area (Å²) in [7, 11) is 0. The third-order valence-corrected chi connectivity index (χ3v) is 1.86. The van der Waals surface area contributed by atoms with Crippen LogP contribution in [0.1, 0.15) is 22.8 Å². The van der Waals surface area contributed by atoms with Gasteiger partial charge in [0.25, 0.3) is 0 Å². The molecule has 0 radical (unpaired) electrons. The lowest BCUT2D eigenvalue weighted by atomic mass is 10.0. The van der Waals surface area contributed by atoms with Crippen LogP contribution >= 0.6 is 0 Å². The molecule has 0 aliphatic rings. The van der Waals surface area contributed by atoms with Gasteiger partial charge < -0.3 is 0 Å². The van der Waals surface area contributed by atoms with E-state index in [2.05, 4.69) is 0 Å². The minimum absolute atomic E-state index is 0.625. The van der Waals surface area contributed by atoms with Crippen LogP contribution in [0.5, 0.6) is 0 Å². The lowest BCUT2D eigenvalue weighted by molar-refractivity contribution is -0.137. The molecule has 0 amide bonds. The molecule has 0 aliphatic heterocycles. The topological polar surface area (TPSA) is 17.1 Å². The number of alkyl halides is 4. The Labute approximate surface area is 83.7 Å². The number of ketones is 1. The number of carbonyl (C=O) groups is 1. The minimum Gasteiger partial charge on any atom is -0.291 e. The highest BCUT2D eigenvalue weighted by molar-refractivity contribution is 6.00. The van der Waals surface area contributed by atoms with Crippen molar-refractivity contribution in [2.75, 3.05) is 0 Å². The van der Waals surface area contributed by atoms with Gasteiger partial charge in [0.1, 0.15) is 0 Å². The Kier molecular flexibility index (Phi) is 3.12. The second kappa shape index (κ2) is 4.00. The van der Waals surface area contributed by atoms with E-state index in [1.807, 2.05) is 0 Å². The van der Waals surface area contributed by atoms with Crippen molar-refractivity contribution in [3.05, 3.63) is 35.4 Å². The Morgan fingerprint density at radius 1 is 1.27 bits per heavy atom. The number of carbonyl (C=O) groups excluding carboxylic acids is 1. The van der Waals surface area contributed by atoms with Gasteiger partial charge in [0.05, 0.1) is 5.56 Å². The summed E-state index contributed by atoms with van der Waals surface area (Å²) in [6.07, 6.45) is -6.57.